The Kier molecular flexibility index (Phi) is 6.42. The van der Waals surface area contributed by atoms with Gasteiger partial charge in [-0.25, -0.2) is 4.98 Å². The summed E-state index contributed by atoms with van der Waals surface area (Å²) in [6.07, 6.45) is 5.70. The highest BCUT2D eigenvalue weighted by Gasteiger charge is 2.13. The second-order valence-corrected chi connectivity index (χ2v) is 6.12. The highest BCUT2D eigenvalue weighted by atomic mass is 32.1. The molecule has 1 fully saturated rings. The van der Waals surface area contributed by atoms with Crippen LogP contribution in [0.2, 0.25) is 0 Å². The quantitative estimate of drug-likeness (QED) is 0.800. The Morgan fingerprint density at radius 3 is 3.05 bits per heavy atom. The number of hydrogen-bond donors (Lipinski definition) is 2. The molecule has 1 aliphatic rings. The summed E-state index contributed by atoms with van der Waals surface area (Å²) in [5, 5.41) is 7.15. The summed E-state index contributed by atoms with van der Waals surface area (Å²) >= 11 is 1.66. The molecule has 2 N–H and O–H groups in total. The highest BCUT2D eigenvalue weighted by molar-refractivity contribution is 7.11. The molecule has 2 heterocycles. The molecule has 0 bridgehead atoms. The number of aromatic nitrogens is 1. The molecule has 0 spiro atoms. The number of ether oxygens (including phenoxy) is 1. The fourth-order valence-electron chi connectivity index (χ4n) is 2.14. The van der Waals surface area contributed by atoms with Crippen molar-refractivity contribution in [3.8, 4) is 0 Å². The van der Waals surface area contributed by atoms with Crippen molar-refractivity contribution in [2.45, 2.75) is 45.3 Å². The predicted molar refractivity (Wildman–Crippen MR) is 79.8 cm³/mol. The Balaban J connectivity index is 1.57. The molecule has 0 unspecified atom stereocenters. The lowest BCUT2D eigenvalue weighted by molar-refractivity contribution is -0.122. The lowest BCUT2D eigenvalue weighted by Crippen LogP contribution is -2.33. The molecule has 0 radical (unpaired) electrons. The Labute approximate surface area is 124 Å². The number of carbonyl (C=O) groups excluding carboxylic acids is 1. The number of thiazole rings is 1. The van der Waals surface area contributed by atoms with Gasteiger partial charge in [-0.2, -0.15) is 0 Å². The number of carbonyl (C=O) groups is 1. The first-order valence-corrected chi connectivity index (χ1v) is 8.12. The Bertz CT molecular complexity index is 416. The summed E-state index contributed by atoms with van der Waals surface area (Å²) in [6, 6.07) is 0. The minimum atomic E-state index is 0.0344. The van der Waals surface area contributed by atoms with E-state index in [1.165, 1.54) is 4.88 Å². The minimum absolute atomic E-state index is 0.0344. The molecule has 1 aliphatic heterocycles. The molecule has 2 rings (SSSR count). The maximum atomic E-state index is 11.7. The van der Waals surface area contributed by atoms with E-state index < -0.39 is 0 Å². The van der Waals surface area contributed by atoms with E-state index in [2.05, 4.69) is 22.5 Å². The fraction of sp³-hybridized carbons (Fsp3) is 0.714. The van der Waals surface area contributed by atoms with Crippen molar-refractivity contribution in [2.75, 3.05) is 19.7 Å². The lowest BCUT2D eigenvalue weighted by atomic mass is 10.1. The second-order valence-electron chi connectivity index (χ2n) is 4.92. The summed E-state index contributed by atoms with van der Waals surface area (Å²) in [4.78, 5) is 17.2. The summed E-state index contributed by atoms with van der Waals surface area (Å²) < 4.78 is 5.71. The number of nitrogens with zero attached hydrogens (tertiary/aromatic N) is 1. The third kappa shape index (κ3) is 5.19. The van der Waals surface area contributed by atoms with Crippen LogP contribution in [-0.4, -0.2) is 36.7 Å². The van der Waals surface area contributed by atoms with E-state index in [9.17, 15) is 4.79 Å². The van der Waals surface area contributed by atoms with Gasteiger partial charge in [-0.3, -0.25) is 4.79 Å². The van der Waals surface area contributed by atoms with Gasteiger partial charge in [0.25, 0.3) is 0 Å². The van der Waals surface area contributed by atoms with Crippen LogP contribution in [0.5, 0.6) is 0 Å². The molecule has 0 atom stereocenters. The van der Waals surface area contributed by atoms with Crippen LogP contribution in [-0.2, 0) is 22.5 Å². The van der Waals surface area contributed by atoms with E-state index in [1.54, 1.807) is 11.3 Å². The van der Waals surface area contributed by atoms with Crippen LogP contribution in [0.1, 0.15) is 36.1 Å². The van der Waals surface area contributed by atoms with Crippen molar-refractivity contribution in [3.63, 3.8) is 0 Å². The molecular weight excluding hydrogens is 274 g/mol. The normalized spacial score (nSPS) is 16.2. The third-order valence-corrected chi connectivity index (χ3v) is 4.50. The SMILES string of the molecule is CCc1cnc(CNC(=O)CCOC2CCNCC2)s1. The monoisotopic (exact) mass is 297 g/mol. The van der Waals surface area contributed by atoms with Gasteiger partial charge in [0.05, 0.1) is 19.3 Å². The number of rotatable bonds is 7. The zero-order chi connectivity index (χ0) is 14.2. The second kappa shape index (κ2) is 8.34. The van der Waals surface area contributed by atoms with E-state index in [0.29, 0.717) is 25.7 Å². The number of piperidine rings is 1. The van der Waals surface area contributed by atoms with Crippen molar-refractivity contribution < 1.29 is 9.53 Å². The zero-order valence-corrected chi connectivity index (χ0v) is 12.8. The van der Waals surface area contributed by atoms with Gasteiger partial charge in [-0.15, -0.1) is 11.3 Å². The van der Waals surface area contributed by atoms with Crippen LogP contribution in [0, 0.1) is 0 Å². The van der Waals surface area contributed by atoms with Crippen LogP contribution < -0.4 is 10.6 Å². The van der Waals surface area contributed by atoms with E-state index in [0.717, 1.165) is 37.4 Å². The number of aryl methyl sites for hydroxylation is 1. The molecule has 1 saturated heterocycles. The summed E-state index contributed by atoms with van der Waals surface area (Å²) in [5.74, 6) is 0.0344. The molecule has 20 heavy (non-hydrogen) atoms. The van der Waals surface area contributed by atoms with Gasteiger partial charge in [0.15, 0.2) is 0 Å². The van der Waals surface area contributed by atoms with Crippen molar-refractivity contribution in [1.29, 1.82) is 0 Å². The largest absolute Gasteiger partial charge is 0.378 e. The standard InChI is InChI=1S/C14H23N3O2S/c1-2-12-9-17-14(20-12)10-16-13(18)5-8-19-11-3-6-15-7-4-11/h9,11,15H,2-8,10H2,1H3,(H,16,18). The number of hydrogen-bond acceptors (Lipinski definition) is 5. The van der Waals surface area contributed by atoms with Crippen molar-refractivity contribution in [3.05, 3.63) is 16.1 Å². The first kappa shape index (κ1) is 15.4. The number of amides is 1. The highest BCUT2D eigenvalue weighted by Crippen LogP contribution is 2.13. The van der Waals surface area contributed by atoms with E-state index in [4.69, 9.17) is 4.74 Å². The average molecular weight is 297 g/mol. The van der Waals surface area contributed by atoms with Crippen molar-refractivity contribution in [1.82, 2.24) is 15.6 Å². The van der Waals surface area contributed by atoms with Gasteiger partial charge >= 0.3 is 0 Å². The molecule has 1 aromatic rings. The molecule has 0 aromatic carbocycles. The van der Waals surface area contributed by atoms with Crippen molar-refractivity contribution in [2.24, 2.45) is 0 Å². The van der Waals surface area contributed by atoms with E-state index in [1.807, 2.05) is 6.20 Å². The lowest BCUT2D eigenvalue weighted by Gasteiger charge is -2.22. The Hall–Kier alpha value is -0.980. The molecule has 6 heteroatoms. The van der Waals surface area contributed by atoms with Gasteiger partial charge in [0, 0.05) is 17.5 Å². The zero-order valence-electron chi connectivity index (χ0n) is 12.0. The molecule has 0 aliphatic carbocycles. The van der Waals surface area contributed by atoms with Gasteiger partial charge in [0.1, 0.15) is 5.01 Å². The maximum absolute atomic E-state index is 11.7. The van der Waals surface area contributed by atoms with Crippen LogP contribution in [0.3, 0.4) is 0 Å². The van der Waals surface area contributed by atoms with E-state index in [-0.39, 0.29) is 5.91 Å². The van der Waals surface area contributed by atoms with Crippen molar-refractivity contribution >= 4 is 17.2 Å². The van der Waals surface area contributed by atoms with Gasteiger partial charge in [-0.1, -0.05) is 6.92 Å². The van der Waals surface area contributed by atoms with Gasteiger partial charge < -0.3 is 15.4 Å². The van der Waals surface area contributed by atoms with Crippen LogP contribution >= 0.6 is 11.3 Å². The summed E-state index contributed by atoms with van der Waals surface area (Å²) in [7, 11) is 0. The third-order valence-electron chi connectivity index (χ3n) is 3.36. The molecular formula is C14H23N3O2S. The molecule has 0 saturated carbocycles. The smallest absolute Gasteiger partial charge is 0.222 e. The van der Waals surface area contributed by atoms with Gasteiger partial charge in [-0.05, 0) is 32.4 Å². The summed E-state index contributed by atoms with van der Waals surface area (Å²) in [6.45, 7) is 5.17. The molecule has 1 aromatic heterocycles. The number of nitrogens with one attached hydrogen (secondary N) is 2. The Morgan fingerprint density at radius 1 is 1.55 bits per heavy atom. The van der Waals surface area contributed by atoms with Crippen LogP contribution in [0.25, 0.3) is 0 Å². The molecule has 1 amide bonds. The maximum Gasteiger partial charge on any atom is 0.222 e. The van der Waals surface area contributed by atoms with Crippen LogP contribution in [0.15, 0.2) is 6.20 Å². The summed E-state index contributed by atoms with van der Waals surface area (Å²) in [5.41, 5.74) is 0. The predicted octanol–water partition coefficient (Wildman–Crippen LogP) is 1.48. The first-order valence-electron chi connectivity index (χ1n) is 7.30. The first-order chi connectivity index (χ1) is 9.78. The minimum Gasteiger partial charge on any atom is -0.378 e. The molecule has 5 nitrogen and oxygen atoms in total. The molecule has 112 valence electrons. The van der Waals surface area contributed by atoms with Crippen LogP contribution in [0.4, 0.5) is 0 Å². The average Bonchev–Trinajstić information content (AvgIpc) is 2.94. The topological polar surface area (TPSA) is 63.2 Å². The van der Waals surface area contributed by atoms with Gasteiger partial charge in [0.2, 0.25) is 5.91 Å². The Morgan fingerprint density at radius 2 is 2.35 bits per heavy atom. The van der Waals surface area contributed by atoms with E-state index >= 15 is 0 Å². The fourth-order valence-corrected chi connectivity index (χ4v) is 2.94.